The fourth-order valence-corrected chi connectivity index (χ4v) is 0.803. The molecule has 0 aromatic heterocycles. The van der Waals surface area contributed by atoms with Crippen molar-refractivity contribution in [3.05, 3.63) is 12.7 Å². The first-order chi connectivity index (χ1) is 4.33. The van der Waals surface area contributed by atoms with E-state index in [0.717, 1.165) is 0 Å². The number of aliphatic hydroxyl groups excluding tert-OH is 1. The standard InChI is InChI=1S/C6H11NO2/c1-2-3-7-4-6(8)5-9-7/h2,6,8H,1,3-5H2/t6-/m1/s1. The summed E-state index contributed by atoms with van der Waals surface area (Å²) < 4.78 is 0. The van der Waals surface area contributed by atoms with Crippen LogP contribution in [0.3, 0.4) is 0 Å². The zero-order valence-electron chi connectivity index (χ0n) is 5.29. The molecule has 3 nitrogen and oxygen atoms in total. The summed E-state index contributed by atoms with van der Waals surface area (Å²) in [6, 6.07) is 0. The molecule has 0 amide bonds. The van der Waals surface area contributed by atoms with Crippen LogP contribution < -0.4 is 0 Å². The molecule has 3 heteroatoms. The minimum Gasteiger partial charge on any atom is -0.389 e. The summed E-state index contributed by atoms with van der Waals surface area (Å²) in [5.41, 5.74) is 0. The van der Waals surface area contributed by atoms with Crippen LogP contribution in [0, 0.1) is 0 Å². The van der Waals surface area contributed by atoms with Crippen LogP contribution in [-0.4, -0.2) is 36.0 Å². The summed E-state index contributed by atoms with van der Waals surface area (Å²) in [4.78, 5) is 5.02. The third-order valence-electron chi connectivity index (χ3n) is 1.20. The first-order valence-electron chi connectivity index (χ1n) is 2.99. The lowest BCUT2D eigenvalue weighted by Gasteiger charge is -2.08. The van der Waals surface area contributed by atoms with Gasteiger partial charge in [-0.25, -0.2) is 0 Å². The predicted octanol–water partition coefficient (Wildman–Crippen LogP) is -0.219. The zero-order valence-corrected chi connectivity index (χ0v) is 5.29. The van der Waals surface area contributed by atoms with Gasteiger partial charge in [0.05, 0.1) is 19.3 Å². The maximum atomic E-state index is 8.93. The van der Waals surface area contributed by atoms with Crippen molar-refractivity contribution in [3.63, 3.8) is 0 Å². The van der Waals surface area contributed by atoms with E-state index in [1.807, 2.05) is 0 Å². The molecule has 0 aliphatic carbocycles. The predicted molar refractivity (Wildman–Crippen MR) is 33.7 cm³/mol. The number of hydrogen-bond acceptors (Lipinski definition) is 3. The van der Waals surface area contributed by atoms with Gasteiger partial charge in [0.15, 0.2) is 0 Å². The van der Waals surface area contributed by atoms with E-state index in [1.165, 1.54) is 0 Å². The minimum atomic E-state index is -0.315. The second-order valence-corrected chi connectivity index (χ2v) is 2.09. The SMILES string of the molecule is C=CCN1C[C@@H](O)CO1. The lowest BCUT2D eigenvalue weighted by atomic mass is 10.4. The molecule has 52 valence electrons. The molecule has 1 rings (SSSR count). The summed E-state index contributed by atoms with van der Waals surface area (Å²) in [7, 11) is 0. The lowest BCUT2D eigenvalue weighted by Crippen LogP contribution is -2.20. The van der Waals surface area contributed by atoms with Gasteiger partial charge in [-0.2, -0.15) is 5.06 Å². The third kappa shape index (κ3) is 1.78. The first-order valence-corrected chi connectivity index (χ1v) is 2.99. The van der Waals surface area contributed by atoms with Crippen LogP contribution in [0.4, 0.5) is 0 Å². The van der Waals surface area contributed by atoms with Crippen LogP contribution in [-0.2, 0) is 4.84 Å². The van der Waals surface area contributed by atoms with Crippen molar-refractivity contribution in [2.24, 2.45) is 0 Å². The van der Waals surface area contributed by atoms with Crippen molar-refractivity contribution in [1.29, 1.82) is 0 Å². The van der Waals surface area contributed by atoms with Gasteiger partial charge in [0.25, 0.3) is 0 Å². The summed E-state index contributed by atoms with van der Waals surface area (Å²) >= 11 is 0. The summed E-state index contributed by atoms with van der Waals surface area (Å²) in [6.07, 6.45) is 1.43. The molecule has 0 saturated carbocycles. The van der Waals surface area contributed by atoms with Gasteiger partial charge in [-0.1, -0.05) is 6.08 Å². The van der Waals surface area contributed by atoms with Crippen LogP contribution in [0.2, 0.25) is 0 Å². The van der Waals surface area contributed by atoms with Gasteiger partial charge in [0, 0.05) is 6.54 Å². The topological polar surface area (TPSA) is 32.7 Å². The van der Waals surface area contributed by atoms with Crippen LogP contribution in [0.1, 0.15) is 0 Å². The molecule has 0 bridgehead atoms. The molecular formula is C6H11NO2. The normalized spacial score (nSPS) is 28.8. The average molecular weight is 129 g/mol. The second kappa shape index (κ2) is 2.96. The molecule has 1 saturated heterocycles. The number of nitrogens with zero attached hydrogens (tertiary/aromatic N) is 1. The van der Waals surface area contributed by atoms with Gasteiger partial charge in [-0.05, 0) is 0 Å². The highest BCUT2D eigenvalue weighted by atomic mass is 16.7. The molecule has 9 heavy (non-hydrogen) atoms. The van der Waals surface area contributed by atoms with Gasteiger partial charge >= 0.3 is 0 Å². The van der Waals surface area contributed by atoms with Crippen molar-refractivity contribution < 1.29 is 9.94 Å². The number of hydrogen-bond donors (Lipinski definition) is 1. The van der Waals surface area contributed by atoms with Crippen molar-refractivity contribution in [2.75, 3.05) is 19.7 Å². The molecule has 1 atom stereocenters. The van der Waals surface area contributed by atoms with Gasteiger partial charge in [0.2, 0.25) is 0 Å². The Hall–Kier alpha value is -0.380. The molecule has 1 aliphatic heterocycles. The van der Waals surface area contributed by atoms with Gasteiger partial charge < -0.3 is 5.11 Å². The van der Waals surface area contributed by atoms with E-state index < -0.39 is 0 Å². The Bertz CT molecular complexity index is 105. The third-order valence-corrected chi connectivity index (χ3v) is 1.20. The molecule has 0 aromatic rings. The fourth-order valence-electron chi connectivity index (χ4n) is 0.803. The Morgan fingerprint density at radius 1 is 1.89 bits per heavy atom. The minimum absolute atomic E-state index is 0.315. The number of β-amino-alcohol motifs (C(OH)–C–C–N with tert-alkyl or cyclic N) is 1. The molecule has 0 spiro atoms. The number of aliphatic hydroxyl groups is 1. The molecule has 0 aromatic carbocycles. The highest BCUT2D eigenvalue weighted by Gasteiger charge is 2.19. The van der Waals surface area contributed by atoms with Crippen molar-refractivity contribution >= 4 is 0 Å². The second-order valence-electron chi connectivity index (χ2n) is 2.09. The van der Waals surface area contributed by atoms with E-state index in [2.05, 4.69) is 6.58 Å². The van der Waals surface area contributed by atoms with Crippen LogP contribution in [0.15, 0.2) is 12.7 Å². The van der Waals surface area contributed by atoms with Crippen LogP contribution in [0.5, 0.6) is 0 Å². The maximum Gasteiger partial charge on any atom is 0.0958 e. The van der Waals surface area contributed by atoms with Crippen molar-refractivity contribution in [2.45, 2.75) is 6.10 Å². The van der Waals surface area contributed by atoms with Crippen molar-refractivity contribution in [3.8, 4) is 0 Å². The van der Waals surface area contributed by atoms with E-state index in [9.17, 15) is 0 Å². The molecule has 1 aliphatic rings. The van der Waals surface area contributed by atoms with Gasteiger partial charge in [-0.15, -0.1) is 6.58 Å². The molecule has 1 heterocycles. The van der Waals surface area contributed by atoms with E-state index in [0.29, 0.717) is 19.7 Å². The van der Waals surface area contributed by atoms with Crippen LogP contribution in [0.25, 0.3) is 0 Å². The van der Waals surface area contributed by atoms with Gasteiger partial charge in [0.1, 0.15) is 0 Å². The van der Waals surface area contributed by atoms with E-state index in [4.69, 9.17) is 9.94 Å². The summed E-state index contributed by atoms with van der Waals surface area (Å²) in [6.45, 7) is 5.27. The van der Waals surface area contributed by atoms with Crippen LogP contribution >= 0.6 is 0 Å². The monoisotopic (exact) mass is 129 g/mol. The van der Waals surface area contributed by atoms with E-state index >= 15 is 0 Å². The Kier molecular flexibility index (Phi) is 2.22. The smallest absolute Gasteiger partial charge is 0.0958 e. The first kappa shape index (κ1) is 6.74. The molecular weight excluding hydrogens is 118 g/mol. The zero-order chi connectivity index (χ0) is 6.69. The highest BCUT2D eigenvalue weighted by Crippen LogP contribution is 2.03. The fraction of sp³-hybridized carbons (Fsp3) is 0.667. The largest absolute Gasteiger partial charge is 0.389 e. The molecule has 1 N–H and O–H groups in total. The van der Waals surface area contributed by atoms with E-state index in [-0.39, 0.29) is 6.10 Å². The number of hydroxylamine groups is 2. The molecule has 1 fully saturated rings. The van der Waals surface area contributed by atoms with E-state index in [1.54, 1.807) is 11.1 Å². The maximum absolute atomic E-state index is 8.93. The molecule has 0 radical (unpaired) electrons. The lowest BCUT2D eigenvalue weighted by molar-refractivity contribution is -0.101. The number of rotatable bonds is 2. The van der Waals surface area contributed by atoms with Crippen molar-refractivity contribution in [1.82, 2.24) is 5.06 Å². The Morgan fingerprint density at radius 3 is 3.11 bits per heavy atom. The Labute approximate surface area is 54.5 Å². The highest BCUT2D eigenvalue weighted by molar-refractivity contribution is 4.73. The molecule has 0 unspecified atom stereocenters. The summed E-state index contributed by atoms with van der Waals surface area (Å²) in [5, 5.41) is 10.6. The summed E-state index contributed by atoms with van der Waals surface area (Å²) in [5.74, 6) is 0. The Morgan fingerprint density at radius 2 is 2.67 bits per heavy atom. The Balaban J connectivity index is 2.21. The van der Waals surface area contributed by atoms with Gasteiger partial charge in [-0.3, -0.25) is 4.84 Å². The quantitative estimate of drug-likeness (QED) is 0.523. The average Bonchev–Trinajstić information content (AvgIpc) is 2.17.